The van der Waals surface area contributed by atoms with Crippen LogP contribution < -0.4 is 15.2 Å². The maximum Gasteiger partial charge on any atom is 0.260 e. The Morgan fingerprint density at radius 3 is 1.88 bits per heavy atom. The minimum absolute atomic E-state index is 0.277. The van der Waals surface area contributed by atoms with Crippen LogP contribution in [0.1, 0.15) is 12.5 Å². The first kappa shape index (κ1) is 12.7. The fourth-order valence-corrected chi connectivity index (χ4v) is 1.24. The zero-order chi connectivity index (χ0) is 12.3. The number of ether oxygens (including phenoxy) is 2. The van der Waals surface area contributed by atoms with Gasteiger partial charge >= 0.3 is 0 Å². The fourth-order valence-electron chi connectivity index (χ4n) is 1.24. The van der Waals surface area contributed by atoms with Crippen LogP contribution in [0.15, 0.2) is 18.2 Å². The minimum atomic E-state index is -2.66. The second-order valence-electron chi connectivity index (χ2n) is 3.68. The average Bonchev–Trinajstić information content (AvgIpc) is 2.27. The zero-order valence-corrected chi connectivity index (χ0v) is 9.46. The van der Waals surface area contributed by atoms with E-state index < -0.39 is 12.0 Å². The molecule has 0 bridgehead atoms. The van der Waals surface area contributed by atoms with Crippen LogP contribution in [0.25, 0.3) is 0 Å². The Hall–Kier alpha value is -1.36. The van der Waals surface area contributed by atoms with Gasteiger partial charge in [0, 0.05) is 6.07 Å². The third-order valence-corrected chi connectivity index (χ3v) is 2.43. The van der Waals surface area contributed by atoms with Crippen LogP contribution in [0, 0.1) is 0 Å². The molecule has 0 spiro atoms. The number of benzene rings is 1. The molecule has 0 aliphatic rings. The van der Waals surface area contributed by atoms with E-state index in [0.717, 1.165) is 0 Å². The molecule has 16 heavy (non-hydrogen) atoms. The van der Waals surface area contributed by atoms with Crippen LogP contribution in [0.4, 0.5) is 8.78 Å². The molecule has 1 atom stereocenters. The molecule has 3 nitrogen and oxygen atoms in total. The van der Waals surface area contributed by atoms with E-state index >= 15 is 0 Å². The Kier molecular flexibility index (Phi) is 3.70. The quantitative estimate of drug-likeness (QED) is 0.863. The Morgan fingerprint density at radius 2 is 1.56 bits per heavy atom. The number of nitrogens with two attached hydrogens (primary N) is 1. The van der Waals surface area contributed by atoms with Crippen molar-refractivity contribution in [1.82, 2.24) is 0 Å². The molecule has 1 unspecified atom stereocenters. The third-order valence-electron chi connectivity index (χ3n) is 2.43. The molecule has 0 fully saturated rings. The van der Waals surface area contributed by atoms with Gasteiger partial charge in [-0.15, -0.1) is 0 Å². The van der Waals surface area contributed by atoms with E-state index in [2.05, 4.69) is 0 Å². The molecule has 5 heteroatoms. The summed E-state index contributed by atoms with van der Waals surface area (Å²) in [5.41, 5.74) is 4.12. The summed E-state index contributed by atoms with van der Waals surface area (Å²) >= 11 is 0. The molecule has 0 amide bonds. The molecule has 0 aliphatic heterocycles. The van der Waals surface area contributed by atoms with Gasteiger partial charge in [0.25, 0.3) is 6.43 Å². The lowest BCUT2D eigenvalue weighted by atomic mass is 9.93. The van der Waals surface area contributed by atoms with Gasteiger partial charge in [0.15, 0.2) is 0 Å². The van der Waals surface area contributed by atoms with Crippen molar-refractivity contribution in [3.8, 4) is 11.5 Å². The van der Waals surface area contributed by atoms with Crippen molar-refractivity contribution < 1.29 is 18.3 Å². The first-order valence-corrected chi connectivity index (χ1v) is 4.72. The van der Waals surface area contributed by atoms with Gasteiger partial charge in [-0.05, 0) is 24.6 Å². The van der Waals surface area contributed by atoms with Crippen molar-refractivity contribution in [1.29, 1.82) is 0 Å². The molecule has 0 aliphatic carbocycles. The number of rotatable bonds is 4. The van der Waals surface area contributed by atoms with E-state index in [1.807, 2.05) is 0 Å². The maximum absolute atomic E-state index is 12.8. The summed E-state index contributed by atoms with van der Waals surface area (Å²) in [5, 5.41) is 0. The van der Waals surface area contributed by atoms with Crippen LogP contribution in [-0.4, -0.2) is 20.6 Å². The van der Waals surface area contributed by atoms with Gasteiger partial charge in [-0.25, -0.2) is 8.78 Å². The molecule has 1 aromatic rings. The number of halogens is 2. The van der Waals surface area contributed by atoms with Crippen LogP contribution in [0.2, 0.25) is 0 Å². The van der Waals surface area contributed by atoms with Crippen molar-refractivity contribution in [2.75, 3.05) is 14.2 Å². The molecule has 0 radical (unpaired) electrons. The summed E-state index contributed by atoms with van der Waals surface area (Å²) in [5.74, 6) is 0.873. The smallest absolute Gasteiger partial charge is 0.260 e. The highest BCUT2D eigenvalue weighted by Crippen LogP contribution is 2.31. The molecule has 1 aromatic carbocycles. The monoisotopic (exact) mass is 231 g/mol. The summed E-state index contributed by atoms with van der Waals surface area (Å²) in [4.78, 5) is 0. The molecular formula is C11H15F2NO2. The molecular weight excluding hydrogens is 216 g/mol. The maximum atomic E-state index is 12.8. The number of hydrogen-bond acceptors (Lipinski definition) is 3. The normalized spacial score (nSPS) is 14.7. The second kappa shape index (κ2) is 4.65. The lowest BCUT2D eigenvalue weighted by Crippen LogP contribution is -2.40. The summed E-state index contributed by atoms with van der Waals surface area (Å²) in [6.07, 6.45) is -2.66. The Morgan fingerprint density at radius 1 is 1.12 bits per heavy atom. The standard InChI is InChI=1S/C11H15F2NO2/c1-11(14,10(12)13)7-4-8(15-2)6-9(5-7)16-3/h4-6,10H,14H2,1-3H3. The van der Waals surface area contributed by atoms with Crippen molar-refractivity contribution in [3.63, 3.8) is 0 Å². The first-order valence-electron chi connectivity index (χ1n) is 4.72. The van der Waals surface area contributed by atoms with Crippen molar-refractivity contribution in [3.05, 3.63) is 23.8 Å². The summed E-state index contributed by atoms with van der Waals surface area (Å²) in [7, 11) is 2.91. The van der Waals surface area contributed by atoms with Crippen LogP contribution in [0.5, 0.6) is 11.5 Å². The van der Waals surface area contributed by atoms with E-state index in [-0.39, 0.29) is 5.56 Å². The lowest BCUT2D eigenvalue weighted by Gasteiger charge is -2.25. The topological polar surface area (TPSA) is 44.5 Å². The van der Waals surface area contributed by atoms with Crippen LogP contribution in [0.3, 0.4) is 0 Å². The first-order chi connectivity index (χ1) is 7.41. The fraction of sp³-hybridized carbons (Fsp3) is 0.455. The van der Waals surface area contributed by atoms with E-state index in [9.17, 15) is 8.78 Å². The lowest BCUT2D eigenvalue weighted by molar-refractivity contribution is 0.0623. The molecule has 0 heterocycles. The van der Waals surface area contributed by atoms with Crippen molar-refractivity contribution in [2.24, 2.45) is 5.73 Å². The highest BCUT2D eigenvalue weighted by molar-refractivity contribution is 5.41. The SMILES string of the molecule is COc1cc(OC)cc(C(C)(N)C(F)F)c1. The van der Waals surface area contributed by atoms with E-state index in [1.165, 1.54) is 33.3 Å². The largest absolute Gasteiger partial charge is 0.497 e. The Bertz CT molecular complexity index is 345. The predicted molar refractivity (Wildman–Crippen MR) is 57.1 cm³/mol. The third kappa shape index (κ3) is 2.41. The highest BCUT2D eigenvalue weighted by atomic mass is 19.3. The van der Waals surface area contributed by atoms with Crippen molar-refractivity contribution in [2.45, 2.75) is 18.9 Å². The molecule has 90 valence electrons. The van der Waals surface area contributed by atoms with Gasteiger partial charge in [-0.2, -0.15) is 0 Å². The van der Waals surface area contributed by atoms with Crippen molar-refractivity contribution >= 4 is 0 Å². The van der Waals surface area contributed by atoms with Crippen LogP contribution in [-0.2, 0) is 5.54 Å². The highest BCUT2D eigenvalue weighted by Gasteiger charge is 2.33. The second-order valence-corrected chi connectivity index (χ2v) is 3.68. The van der Waals surface area contributed by atoms with Gasteiger partial charge < -0.3 is 15.2 Å². The average molecular weight is 231 g/mol. The Labute approximate surface area is 93.2 Å². The Balaban J connectivity index is 3.22. The van der Waals surface area contributed by atoms with E-state index in [4.69, 9.17) is 15.2 Å². The molecule has 0 aromatic heterocycles. The summed E-state index contributed by atoms with van der Waals surface area (Å²) in [6, 6.07) is 4.56. The summed E-state index contributed by atoms with van der Waals surface area (Å²) < 4.78 is 35.5. The minimum Gasteiger partial charge on any atom is -0.497 e. The van der Waals surface area contributed by atoms with E-state index in [0.29, 0.717) is 11.5 Å². The van der Waals surface area contributed by atoms with Gasteiger partial charge in [0.1, 0.15) is 11.5 Å². The number of methoxy groups -OCH3 is 2. The number of alkyl halides is 2. The van der Waals surface area contributed by atoms with E-state index in [1.54, 1.807) is 6.07 Å². The molecule has 2 N–H and O–H groups in total. The molecule has 1 rings (SSSR count). The van der Waals surface area contributed by atoms with Gasteiger partial charge in [0.2, 0.25) is 0 Å². The molecule has 0 saturated heterocycles. The summed E-state index contributed by atoms with van der Waals surface area (Å²) in [6.45, 7) is 1.27. The molecule has 0 saturated carbocycles. The van der Waals surface area contributed by atoms with Gasteiger partial charge in [0.05, 0.1) is 19.8 Å². The zero-order valence-electron chi connectivity index (χ0n) is 9.46. The van der Waals surface area contributed by atoms with Gasteiger partial charge in [-0.3, -0.25) is 0 Å². The predicted octanol–water partition coefficient (Wildman–Crippen LogP) is 2.14. The van der Waals surface area contributed by atoms with Crippen LogP contribution >= 0.6 is 0 Å². The van der Waals surface area contributed by atoms with Gasteiger partial charge in [-0.1, -0.05) is 0 Å². The number of hydrogen-bond donors (Lipinski definition) is 1.